The quantitative estimate of drug-likeness (QED) is 0.310. The van der Waals surface area contributed by atoms with E-state index < -0.39 is 23.9 Å². The number of hydrogen-bond acceptors (Lipinski definition) is 5. The van der Waals surface area contributed by atoms with E-state index in [4.69, 9.17) is 9.57 Å². The van der Waals surface area contributed by atoms with Crippen molar-refractivity contribution >= 4 is 17.8 Å². The first-order chi connectivity index (χ1) is 13.1. The number of amides is 2. The lowest BCUT2D eigenvalue weighted by atomic mass is 10.1. The van der Waals surface area contributed by atoms with E-state index in [1.807, 2.05) is 6.07 Å². The lowest BCUT2D eigenvalue weighted by molar-refractivity contribution is -0.119. The van der Waals surface area contributed by atoms with Crippen molar-refractivity contribution in [2.75, 3.05) is 6.61 Å². The van der Waals surface area contributed by atoms with Gasteiger partial charge in [-0.2, -0.15) is 0 Å². The van der Waals surface area contributed by atoms with E-state index in [9.17, 15) is 14.4 Å². The Balaban J connectivity index is 1.49. The molecule has 138 valence electrons. The third kappa shape index (κ3) is 4.12. The molecule has 0 aliphatic carbocycles. The van der Waals surface area contributed by atoms with Gasteiger partial charge in [-0.15, -0.1) is 11.6 Å². The Hall–Kier alpha value is -3.25. The number of rotatable bonds is 8. The second kappa shape index (κ2) is 8.42. The predicted molar refractivity (Wildman–Crippen MR) is 98.0 cm³/mol. The van der Waals surface area contributed by atoms with Gasteiger partial charge in [-0.25, -0.2) is 4.79 Å². The highest BCUT2D eigenvalue weighted by molar-refractivity contribution is 6.20. The van der Waals surface area contributed by atoms with Crippen LogP contribution in [0.25, 0.3) is 0 Å². The fraction of sp³-hybridized carbons (Fsp3) is 0.190. The van der Waals surface area contributed by atoms with E-state index in [0.717, 1.165) is 5.06 Å². The summed E-state index contributed by atoms with van der Waals surface area (Å²) in [6, 6.07) is 15.3. The van der Waals surface area contributed by atoms with E-state index in [1.54, 1.807) is 48.5 Å². The van der Waals surface area contributed by atoms with Crippen molar-refractivity contribution in [2.24, 2.45) is 0 Å². The summed E-state index contributed by atoms with van der Waals surface area (Å²) in [4.78, 5) is 42.0. The molecule has 0 saturated heterocycles. The van der Waals surface area contributed by atoms with Crippen LogP contribution in [-0.4, -0.2) is 35.6 Å². The van der Waals surface area contributed by atoms with Crippen molar-refractivity contribution in [3.63, 3.8) is 0 Å². The van der Waals surface area contributed by atoms with E-state index in [0.29, 0.717) is 29.5 Å². The highest BCUT2D eigenvalue weighted by atomic mass is 16.7. The zero-order valence-electron chi connectivity index (χ0n) is 14.7. The van der Waals surface area contributed by atoms with E-state index in [1.165, 1.54) is 6.08 Å². The van der Waals surface area contributed by atoms with E-state index in [-0.39, 0.29) is 6.61 Å². The molecule has 3 rings (SSSR count). The fourth-order valence-electron chi connectivity index (χ4n) is 2.72. The monoisotopic (exact) mass is 365 g/mol. The second-order valence-electron chi connectivity index (χ2n) is 5.97. The van der Waals surface area contributed by atoms with Crippen molar-refractivity contribution in [1.29, 1.82) is 0 Å². The molecular formula is C21H19NO5. The Morgan fingerprint density at radius 2 is 1.59 bits per heavy atom. The summed E-state index contributed by atoms with van der Waals surface area (Å²) >= 11 is 0. The Bertz CT molecular complexity index is 827. The first-order valence-corrected chi connectivity index (χ1v) is 8.61. The van der Waals surface area contributed by atoms with Crippen LogP contribution in [0.5, 0.6) is 0 Å². The van der Waals surface area contributed by atoms with Gasteiger partial charge in [0.2, 0.25) is 0 Å². The normalized spacial score (nSPS) is 14.0. The molecular weight excluding hydrogens is 346 g/mol. The molecule has 0 saturated carbocycles. The van der Waals surface area contributed by atoms with Crippen LogP contribution in [0.3, 0.4) is 0 Å². The molecule has 0 unspecified atom stereocenters. The smallest absolute Gasteiger partial charge is 0.338 e. The second-order valence-corrected chi connectivity index (χ2v) is 5.97. The Morgan fingerprint density at radius 1 is 1.00 bits per heavy atom. The Kier molecular flexibility index (Phi) is 5.78. The molecule has 6 nitrogen and oxygen atoms in total. The van der Waals surface area contributed by atoms with Gasteiger partial charge in [-0.1, -0.05) is 36.4 Å². The van der Waals surface area contributed by atoms with Gasteiger partial charge >= 0.3 is 5.97 Å². The molecule has 0 fully saturated rings. The molecule has 1 aliphatic heterocycles. The van der Waals surface area contributed by atoms with Crippen LogP contribution in [-0.2, 0) is 9.57 Å². The topological polar surface area (TPSA) is 72.9 Å². The number of carbonyl (C=O) groups excluding carboxylic acids is 3. The van der Waals surface area contributed by atoms with Crippen molar-refractivity contribution in [2.45, 2.75) is 18.9 Å². The summed E-state index contributed by atoms with van der Waals surface area (Å²) in [5.41, 5.74) is 1.13. The van der Waals surface area contributed by atoms with Gasteiger partial charge in [-0.3, -0.25) is 14.4 Å². The van der Waals surface area contributed by atoms with Crippen LogP contribution in [0.1, 0.15) is 43.9 Å². The maximum Gasteiger partial charge on any atom is 0.338 e. The highest BCUT2D eigenvalue weighted by Gasteiger charge is 2.37. The average Bonchev–Trinajstić information content (AvgIpc) is 2.95. The molecule has 27 heavy (non-hydrogen) atoms. The van der Waals surface area contributed by atoms with Crippen LogP contribution >= 0.6 is 0 Å². The largest absolute Gasteiger partial charge is 0.462 e. The number of hydroxylamine groups is 2. The number of benzene rings is 2. The van der Waals surface area contributed by atoms with E-state index in [2.05, 4.69) is 6.58 Å². The minimum absolute atomic E-state index is 0.198. The van der Waals surface area contributed by atoms with Gasteiger partial charge in [-0.05, 0) is 37.1 Å². The van der Waals surface area contributed by atoms with Gasteiger partial charge in [0.1, 0.15) is 6.10 Å². The van der Waals surface area contributed by atoms with Crippen molar-refractivity contribution in [3.05, 3.63) is 83.9 Å². The van der Waals surface area contributed by atoms with Gasteiger partial charge in [0, 0.05) is 0 Å². The Morgan fingerprint density at radius 3 is 2.19 bits per heavy atom. The number of carbonyl (C=O) groups is 3. The van der Waals surface area contributed by atoms with E-state index >= 15 is 0 Å². The van der Waals surface area contributed by atoms with Gasteiger partial charge in [0.15, 0.2) is 0 Å². The fourth-order valence-corrected chi connectivity index (χ4v) is 2.72. The van der Waals surface area contributed by atoms with Crippen molar-refractivity contribution in [3.8, 4) is 0 Å². The maximum atomic E-state index is 12.3. The van der Waals surface area contributed by atoms with Gasteiger partial charge < -0.3 is 4.74 Å². The molecule has 1 aliphatic rings. The molecule has 0 aromatic heterocycles. The SMILES string of the molecule is C=C[C@H](CCCOC(=O)c1ccccc1)ON1C(=O)c2ccccc2C1=O. The molecule has 2 aromatic carbocycles. The van der Waals surface area contributed by atoms with Crippen molar-refractivity contribution < 1.29 is 24.0 Å². The third-order valence-corrected chi connectivity index (χ3v) is 4.14. The number of ether oxygens (including phenoxy) is 1. The number of hydrogen-bond donors (Lipinski definition) is 0. The standard InChI is InChI=1S/C21H19NO5/c1-2-16(11-8-14-26-21(25)15-9-4-3-5-10-15)27-22-19(23)17-12-6-7-13-18(17)20(22)24/h2-7,9-10,12-13,16H,1,8,11,14H2/t16-/m1/s1. The molecule has 6 heteroatoms. The lowest BCUT2D eigenvalue weighted by Gasteiger charge is -2.19. The van der Waals surface area contributed by atoms with Crippen LogP contribution in [0.4, 0.5) is 0 Å². The lowest BCUT2D eigenvalue weighted by Crippen LogP contribution is -2.34. The summed E-state index contributed by atoms with van der Waals surface area (Å²) in [5.74, 6) is -1.37. The average molecular weight is 365 g/mol. The minimum Gasteiger partial charge on any atom is -0.462 e. The molecule has 0 radical (unpaired) electrons. The Labute approximate surface area is 157 Å². The molecule has 0 bridgehead atoms. The maximum absolute atomic E-state index is 12.3. The first-order valence-electron chi connectivity index (χ1n) is 8.61. The number of imide groups is 1. The van der Waals surface area contributed by atoms with Gasteiger partial charge in [0.25, 0.3) is 11.8 Å². The summed E-state index contributed by atoms with van der Waals surface area (Å²) in [5, 5.41) is 0.771. The highest BCUT2D eigenvalue weighted by Crippen LogP contribution is 2.24. The molecule has 2 aromatic rings. The molecule has 1 heterocycles. The van der Waals surface area contributed by atoms with Crippen LogP contribution < -0.4 is 0 Å². The summed E-state index contributed by atoms with van der Waals surface area (Å²) < 4.78 is 5.21. The minimum atomic E-state index is -0.553. The molecule has 2 amide bonds. The van der Waals surface area contributed by atoms with Crippen LogP contribution in [0.15, 0.2) is 67.3 Å². The number of fused-ring (bicyclic) bond motifs is 1. The number of esters is 1. The number of nitrogens with zero attached hydrogens (tertiary/aromatic N) is 1. The third-order valence-electron chi connectivity index (χ3n) is 4.14. The van der Waals surface area contributed by atoms with Gasteiger partial charge in [0.05, 0.1) is 23.3 Å². The molecule has 1 atom stereocenters. The zero-order chi connectivity index (χ0) is 19.2. The summed E-state index contributed by atoms with van der Waals surface area (Å²) in [6.07, 6.45) is 1.91. The molecule has 0 spiro atoms. The van der Waals surface area contributed by atoms with Crippen molar-refractivity contribution in [1.82, 2.24) is 5.06 Å². The predicted octanol–water partition coefficient (Wildman–Crippen LogP) is 3.41. The molecule has 0 N–H and O–H groups in total. The first kappa shape index (κ1) is 18.5. The summed E-state index contributed by atoms with van der Waals surface area (Å²) in [7, 11) is 0. The zero-order valence-corrected chi connectivity index (χ0v) is 14.7. The summed E-state index contributed by atoms with van der Waals surface area (Å²) in [6.45, 7) is 3.88. The van der Waals surface area contributed by atoms with Crippen LogP contribution in [0.2, 0.25) is 0 Å². The van der Waals surface area contributed by atoms with Crippen LogP contribution in [0, 0.1) is 0 Å².